The number of nitrogens with zero attached hydrogens (tertiary/aromatic N) is 3. The van der Waals surface area contributed by atoms with Gasteiger partial charge in [-0.25, -0.2) is 4.79 Å². The fourth-order valence-electron chi connectivity index (χ4n) is 2.15. The van der Waals surface area contributed by atoms with Gasteiger partial charge in [-0.05, 0) is 39.8 Å². The molecule has 1 unspecified atom stereocenters. The number of amidine groups is 1. The van der Waals surface area contributed by atoms with Gasteiger partial charge in [-0.3, -0.25) is 14.9 Å². The predicted molar refractivity (Wildman–Crippen MR) is 85.9 cm³/mol. The summed E-state index contributed by atoms with van der Waals surface area (Å²) in [4.78, 5) is 22.6. The third-order valence-corrected chi connectivity index (χ3v) is 3.18. The Morgan fingerprint density at radius 2 is 2.18 bits per heavy atom. The minimum atomic E-state index is -0.486. The van der Waals surface area contributed by atoms with E-state index in [-0.39, 0.29) is 12.1 Å². The molecule has 22 heavy (non-hydrogen) atoms. The van der Waals surface area contributed by atoms with Crippen LogP contribution in [0.2, 0.25) is 0 Å². The maximum atomic E-state index is 12.1. The van der Waals surface area contributed by atoms with E-state index >= 15 is 0 Å². The van der Waals surface area contributed by atoms with Crippen LogP contribution in [0.15, 0.2) is 29.4 Å². The van der Waals surface area contributed by atoms with E-state index in [0.717, 1.165) is 11.5 Å². The van der Waals surface area contributed by atoms with Crippen molar-refractivity contribution in [2.75, 3.05) is 19.6 Å². The minimum Gasteiger partial charge on any atom is -0.444 e. The molecule has 0 fully saturated rings. The number of hydrogen-bond acceptors (Lipinski definition) is 5. The van der Waals surface area contributed by atoms with Crippen molar-refractivity contribution in [3.63, 3.8) is 0 Å². The smallest absolute Gasteiger partial charge is 0.410 e. The lowest BCUT2D eigenvalue weighted by atomic mass is 10.2. The van der Waals surface area contributed by atoms with E-state index in [2.05, 4.69) is 15.3 Å². The van der Waals surface area contributed by atoms with Crippen LogP contribution in [0.4, 0.5) is 4.79 Å². The monoisotopic (exact) mass is 304 g/mol. The third-order valence-electron chi connectivity index (χ3n) is 3.18. The second-order valence-corrected chi connectivity index (χ2v) is 6.35. The molecule has 1 aromatic rings. The number of aliphatic imine (C=N–C) groups is 1. The Hall–Kier alpha value is -2.11. The Morgan fingerprint density at radius 3 is 2.82 bits per heavy atom. The molecular formula is C16H24N4O2. The minimum absolute atomic E-state index is 0.0403. The molecule has 1 amide bonds. The molecular weight excluding hydrogens is 280 g/mol. The molecule has 1 aliphatic heterocycles. The first-order valence-electron chi connectivity index (χ1n) is 7.54. The van der Waals surface area contributed by atoms with Gasteiger partial charge in [-0.1, -0.05) is 6.07 Å². The van der Waals surface area contributed by atoms with Gasteiger partial charge in [-0.2, -0.15) is 0 Å². The van der Waals surface area contributed by atoms with Crippen LogP contribution in [-0.4, -0.2) is 47.0 Å². The highest BCUT2D eigenvalue weighted by molar-refractivity contribution is 5.88. The molecule has 2 rings (SSSR count). The van der Waals surface area contributed by atoms with E-state index in [4.69, 9.17) is 4.74 Å². The topological polar surface area (TPSA) is 66.8 Å². The zero-order valence-corrected chi connectivity index (χ0v) is 13.7. The van der Waals surface area contributed by atoms with E-state index in [1.807, 2.05) is 45.9 Å². The second-order valence-electron chi connectivity index (χ2n) is 6.35. The number of hydrogen-bond donors (Lipinski definition) is 1. The van der Waals surface area contributed by atoms with Crippen molar-refractivity contribution in [3.8, 4) is 0 Å². The average Bonchev–Trinajstić information content (AvgIpc) is 2.46. The number of rotatable bonds is 2. The molecule has 1 N–H and O–H groups in total. The number of carbonyl (C=O) groups is 1. The van der Waals surface area contributed by atoms with Crippen molar-refractivity contribution in [1.82, 2.24) is 15.2 Å². The van der Waals surface area contributed by atoms with Gasteiger partial charge in [0.25, 0.3) is 0 Å². The van der Waals surface area contributed by atoms with Crippen LogP contribution < -0.4 is 5.32 Å². The quantitative estimate of drug-likeness (QED) is 0.911. The number of aromatic nitrogens is 1. The molecule has 1 aromatic heterocycles. The van der Waals surface area contributed by atoms with Crippen molar-refractivity contribution in [1.29, 1.82) is 0 Å². The summed E-state index contributed by atoms with van der Waals surface area (Å²) in [6.45, 7) is 9.22. The summed E-state index contributed by atoms with van der Waals surface area (Å²) in [5, 5.41) is 3.32. The molecule has 0 spiro atoms. The van der Waals surface area contributed by atoms with E-state index in [1.54, 1.807) is 11.1 Å². The van der Waals surface area contributed by atoms with Crippen LogP contribution in [0.3, 0.4) is 0 Å². The molecule has 0 saturated heterocycles. The van der Waals surface area contributed by atoms with Crippen molar-refractivity contribution >= 4 is 11.9 Å². The molecule has 2 heterocycles. The molecule has 0 saturated carbocycles. The van der Waals surface area contributed by atoms with Crippen molar-refractivity contribution in [2.24, 2.45) is 4.99 Å². The molecule has 1 aliphatic rings. The SMILES string of the molecule is CC(NC1=NCCN(C(=O)OC(C)(C)C)C1)c1ccccn1. The van der Waals surface area contributed by atoms with E-state index in [1.165, 1.54) is 0 Å². The Bertz CT molecular complexity index is 537. The zero-order chi connectivity index (χ0) is 16.2. The number of pyridine rings is 1. The van der Waals surface area contributed by atoms with Gasteiger partial charge in [0.15, 0.2) is 0 Å². The van der Waals surface area contributed by atoms with Crippen molar-refractivity contribution < 1.29 is 9.53 Å². The van der Waals surface area contributed by atoms with Gasteiger partial charge in [0.05, 0.1) is 24.8 Å². The summed E-state index contributed by atoms with van der Waals surface area (Å²) in [5.41, 5.74) is 0.458. The molecule has 0 aliphatic carbocycles. The Kier molecular flexibility index (Phi) is 5.00. The maximum Gasteiger partial charge on any atom is 0.410 e. The van der Waals surface area contributed by atoms with E-state index in [9.17, 15) is 4.79 Å². The van der Waals surface area contributed by atoms with Gasteiger partial charge in [-0.15, -0.1) is 0 Å². The molecule has 0 radical (unpaired) electrons. The Morgan fingerprint density at radius 1 is 1.41 bits per heavy atom. The number of nitrogens with one attached hydrogen (secondary N) is 1. The van der Waals surface area contributed by atoms with Gasteiger partial charge >= 0.3 is 6.09 Å². The normalized spacial score (nSPS) is 16.7. The summed E-state index contributed by atoms with van der Waals surface area (Å²) in [5.74, 6) is 0.787. The van der Waals surface area contributed by atoms with Crippen molar-refractivity contribution in [2.45, 2.75) is 39.3 Å². The Labute approximate surface area is 131 Å². The van der Waals surface area contributed by atoms with Crippen LogP contribution in [0.5, 0.6) is 0 Å². The fourth-order valence-corrected chi connectivity index (χ4v) is 2.15. The lowest BCUT2D eigenvalue weighted by Crippen LogP contribution is -2.47. The first-order chi connectivity index (χ1) is 10.3. The third kappa shape index (κ3) is 4.72. The first kappa shape index (κ1) is 16.3. The number of amides is 1. The van der Waals surface area contributed by atoms with Gasteiger partial charge in [0.1, 0.15) is 11.4 Å². The summed E-state index contributed by atoms with van der Waals surface area (Å²) in [6.07, 6.45) is 1.47. The predicted octanol–water partition coefficient (Wildman–Crippen LogP) is 2.38. The summed E-state index contributed by atoms with van der Waals surface area (Å²) in [6, 6.07) is 5.85. The molecule has 1 atom stereocenters. The summed E-state index contributed by atoms with van der Waals surface area (Å²) >= 11 is 0. The molecule has 0 aromatic carbocycles. The van der Waals surface area contributed by atoms with E-state index in [0.29, 0.717) is 19.6 Å². The van der Waals surface area contributed by atoms with Gasteiger partial charge in [0.2, 0.25) is 0 Å². The van der Waals surface area contributed by atoms with E-state index < -0.39 is 5.60 Å². The second kappa shape index (κ2) is 6.77. The van der Waals surface area contributed by atoms with Crippen LogP contribution in [0.1, 0.15) is 39.4 Å². The highest BCUT2D eigenvalue weighted by atomic mass is 16.6. The van der Waals surface area contributed by atoms with Crippen molar-refractivity contribution in [3.05, 3.63) is 30.1 Å². The fraction of sp³-hybridized carbons (Fsp3) is 0.562. The average molecular weight is 304 g/mol. The highest BCUT2D eigenvalue weighted by Crippen LogP contribution is 2.12. The molecule has 0 bridgehead atoms. The Balaban J connectivity index is 1.93. The van der Waals surface area contributed by atoms with Crippen LogP contribution in [0, 0.1) is 0 Å². The summed E-state index contributed by atoms with van der Waals surface area (Å²) < 4.78 is 5.41. The molecule has 120 valence electrons. The molecule has 6 nitrogen and oxygen atoms in total. The zero-order valence-electron chi connectivity index (χ0n) is 13.7. The van der Waals surface area contributed by atoms with Gasteiger partial charge < -0.3 is 10.1 Å². The lowest BCUT2D eigenvalue weighted by Gasteiger charge is -2.30. The number of carbonyl (C=O) groups excluding carboxylic acids is 1. The first-order valence-corrected chi connectivity index (χ1v) is 7.54. The largest absolute Gasteiger partial charge is 0.444 e. The lowest BCUT2D eigenvalue weighted by molar-refractivity contribution is 0.0276. The molecule has 6 heteroatoms. The summed E-state index contributed by atoms with van der Waals surface area (Å²) in [7, 11) is 0. The van der Waals surface area contributed by atoms with Gasteiger partial charge in [0, 0.05) is 12.7 Å². The van der Waals surface area contributed by atoms with Crippen LogP contribution in [-0.2, 0) is 4.74 Å². The number of ether oxygens (including phenoxy) is 1. The van der Waals surface area contributed by atoms with Crippen LogP contribution in [0.25, 0.3) is 0 Å². The van der Waals surface area contributed by atoms with Crippen LogP contribution >= 0.6 is 0 Å². The highest BCUT2D eigenvalue weighted by Gasteiger charge is 2.25. The standard InChI is InChI=1S/C16H24N4O2/c1-12(13-7-5-6-8-17-13)19-14-11-20(10-9-18-14)15(21)22-16(2,3)4/h5-8,12H,9-11H2,1-4H3,(H,18,19). The maximum absolute atomic E-state index is 12.1.